The second-order valence-corrected chi connectivity index (χ2v) is 7.66. The summed E-state index contributed by atoms with van der Waals surface area (Å²) in [6.45, 7) is 4.05. The summed E-state index contributed by atoms with van der Waals surface area (Å²) in [7, 11) is 0. The Morgan fingerprint density at radius 1 is 1.11 bits per heavy atom. The molecule has 146 valence electrons. The molecular formula is C22H26N4O2. The molecule has 0 aromatic heterocycles. The fourth-order valence-corrected chi connectivity index (χ4v) is 4.59. The number of nitrogens with zero attached hydrogens (tertiary/aromatic N) is 2. The van der Waals surface area contributed by atoms with Gasteiger partial charge in [0.25, 0.3) is 0 Å². The smallest absolute Gasteiger partial charge is 0.319 e. The predicted octanol–water partition coefficient (Wildman–Crippen LogP) is 3.48. The molecule has 2 N–H and O–H groups in total. The van der Waals surface area contributed by atoms with Crippen LogP contribution >= 0.6 is 0 Å². The standard InChI is InChI=1S/C22H26N4O2/c23-15-17-7-8-20(19-6-2-1-5-18(17)19)25-21(27)24-16-22(9-3-4-10-22)26-11-13-28-14-12-26/h1-2,5-8H,3-4,9-14,16H2,(H2,24,25,27). The average molecular weight is 378 g/mol. The molecule has 0 spiro atoms. The number of hydrogen-bond donors (Lipinski definition) is 2. The summed E-state index contributed by atoms with van der Waals surface area (Å²) in [6.07, 6.45) is 4.65. The molecule has 2 aromatic carbocycles. The molecule has 6 heteroatoms. The van der Waals surface area contributed by atoms with E-state index in [0.717, 1.165) is 55.6 Å². The minimum Gasteiger partial charge on any atom is -0.379 e. The first-order valence-corrected chi connectivity index (χ1v) is 10.0. The maximum atomic E-state index is 12.7. The maximum absolute atomic E-state index is 12.7. The van der Waals surface area contributed by atoms with E-state index in [1.807, 2.05) is 24.3 Å². The molecule has 0 atom stereocenters. The van der Waals surface area contributed by atoms with E-state index in [1.54, 1.807) is 12.1 Å². The van der Waals surface area contributed by atoms with Gasteiger partial charge in [0.15, 0.2) is 0 Å². The van der Waals surface area contributed by atoms with Gasteiger partial charge in [0.05, 0.1) is 30.5 Å². The zero-order valence-corrected chi connectivity index (χ0v) is 16.0. The minimum absolute atomic E-state index is 0.0495. The van der Waals surface area contributed by atoms with E-state index >= 15 is 0 Å². The largest absolute Gasteiger partial charge is 0.379 e. The Hall–Kier alpha value is -2.62. The fraction of sp³-hybridized carbons (Fsp3) is 0.455. The molecule has 6 nitrogen and oxygen atoms in total. The van der Waals surface area contributed by atoms with Gasteiger partial charge < -0.3 is 15.4 Å². The van der Waals surface area contributed by atoms with E-state index in [0.29, 0.717) is 12.1 Å². The Balaban J connectivity index is 1.46. The van der Waals surface area contributed by atoms with Crippen molar-refractivity contribution in [3.8, 4) is 6.07 Å². The third-order valence-electron chi connectivity index (χ3n) is 6.09. The first-order chi connectivity index (χ1) is 13.7. The maximum Gasteiger partial charge on any atom is 0.319 e. The summed E-state index contributed by atoms with van der Waals surface area (Å²) in [6, 6.07) is 13.2. The molecule has 0 unspecified atom stereocenters. The second-order valence-electron chi connectivity index (χ2n) is 7.66. The van der Waals surface area contributed by atoms with Gasteiger partial charge in [-0.3, -0.25) is 4.90 Å². The van der Waals surface area contributed by atoms with Gasteiger partial charge in [-0.1, -0.05) is 37.1 Å². The van der Waals surface area contributed by atoms with Crippen molar-refractivity contribution in [1.82, 2.24) is 10.2 Å². The van der Waals surface area contributed by atoms with E-state index in [1.165, 1.54) is 12.8 Å². The van der Waals surface area contributed by atoms with E-state index < -0.39 is 0 Å². The lowest BCUT2D eigenvalue weighted by Crippen LogP contribution is -2.57. The number of nitrogens with one attached hydrogen (secondary N) is 2. The number of carbonyl (C=O) groups is 1. The summed E-state index contributed by atoms with van der Waals surface area (Å²) in [5.74, 6) is 0. The number of carbonyl (C=O) groups excluding carboxylic acids is 1. The number of ether oxygens (including phenoxy) is 1. The Morgan fingerprint density at radius 2 is 1.82 bits per heavy atom. The van der Waals surface area contributed by atoms with Gasteiger partial charge in [-0.15, -0.1) is 0 Å². The normalized spacial score (nSPS) is 19.2. The molecule has 0 radical (unpaired) electrons. The van der Waals surface area contributed by atoms with Crippen molar-refractivity contribution in [2.75, 3.05) is 38.2 Å². The Labute approximate surface area is 165 Å². The molecular weight excluding hydrogens is 352 g/mol. The number of morpholine rings is 1. The lowest BCUT2D eigenvalue weighted by Gasteiger charge is -2.43. The first-order valence-electron chi connectivity index (χ1n) is 10.0. The summed E-state index contributed by atoms with van der Waals surface area (Å²) >= 11 is 0. The molecule has 0 bridgehead atoms. The van der Waals surface area contributed by atoms with Crippen molar-refractivity contribution in [2.45, 2.75) is 31.2 Å². The Morgan fingerprint density at radius 3 is 2.54 bits per heavy atom. The summed E-state index contributed by atoms with van der Waals surface area (Å²) in [5.41, 5.74) is 1.38. The number of nitriles is 1. The van der Waals surface area contributed by atoms with Crippen LogP contribution in [0.15, 0.2) is 36.4 Å². The van der Waals surface area contributed by atoms with Gasteiger partial charge in [0, 0.05) is 35.9 Å². The number of urea groups is 1. The van der Waals surface area contributed by atoms with Gasteiger partial charge >= 0.3 is 6.03 Å². The zero-order valence-electron chi connectivity index (χ0n) is 16.0. The number of anilines is 1. The molecule has 1 aliphatic carbocycles. The van der Waals surface area contributed by atoms with Gasteiger partial charge in [0.1, 0.15) is 0 Å². The second kappa shape index (κ2) is 8.17. The van der Waals surface area contributed by atoms with Crippen molar-refractivity contribution in [2.24, 2.45) is 0 Å². The molecule has 1 heterocycles. The predicted molar refractivity (Wildman–Crippen MR) is 109 cm³/mol. The molecule has 2 aromatic rings. The molecule has 2 aliphatic rings. The third kappa shape index (κ3) is 3.68. The Kier molecular flexibility index (Phi) is 5.47. The van der Waals surface area contributed by atoms with Crippen LogP contribution < -0.4 is 10.6 Å². The van der Waals surface area contributed by atoms with Crippen LogP contribution in [0, 0.1) is 11.3 Å². The van der Waals surface area contributed by atoms with Gasteiger partial charge in [0.2, 0.25) is 0 Å². The van der Waals surface area contributed by atoms with Crippen molar-refractivity contribution in [3.05, 3.63) is 42.0 Å². The van der Waals surface area contributed by atoms with E-state index in [2.05, 4.69) is 21.6 Å². The van der Waals surface area contributed by atoms with Crippen molar-refractivity contribution in [1.29, 1.82) is 5.26 Å². The van der Waals surface area contributed by atoms with Crippen LogP contribution in [0.2, 0.25) is 0 Å². The van der Waals surface area contributed by atoms with E-state index in [9.17, 15) is 10.1 Å². The zero-order chi connectivity index (χ0) is 19.4. The molecule has 2 amide bonds. The highest BCUT2D eigenvalue weighted by Crippen LogP contribution is 2.35. The van der Waals surface area contributed by atoms with Crippen molar-refractivity contribution in [3.63, 3.8) is 0 Å². The molecule has 1 saturated carbocycles. The van der Waals surface area contributed by atoms with Crippen molar-refractivity contribution >= 4 is 22.5 Å². The summed E-state index contributed by atoms with van der Waals surface area (Å²) in [5, 5.41) is 17.1. The molecule has 28 heavy (non-hydrogen) atoms. The fourth-order valence-electron chi connectivity index (χ4n) is 4.59. The van der Waals surface area contributed by atoms with Crippen LogP contribution in [0.1, 0.15) is 31.2 Å². The SMILES string of the molecule is N#Cc1ccc(NC(=O)NCC2(N3CCOCC3)CCCC2)c2ccccc12. The lowest BCUT2D eigenvalue weighted by molar-refractivity contribution is -0.0193. The molecule has 2 fully saturated rings. The van der Waals surface area contributed by atoms with Gasteiger partial charge in [-0.25, -0.2) is 4.79 Å². The topological polar surface area (TPSA) is 77.4 Å². The quantitative estimate of drug-likeness (QED) is 0.854. The number of hydrogen-bond acceptors (Lipinski definition) is 4. The van der Waals surface area contributed by atoms with Crippen molar-refractivity contribution < 1.29 is 9.53 Å². The Bertz CT molecular complexity index is 893. The number of amides is 2. The monoisotopic (exact) mass is 378 g/mol. The van der Waals surface area contributed by atoms with Crippen LogP contribution in [0.4, 0.5) is 10.5 Å². The third-order valence-corrected chi connectivity index (χ3v) is 6.09. The van der Waals surface area contributed by atoms with Crippen LogP contribution in [0.3, 0.4) is 0 Å². The van der Waals surface area contributed by atoms with Crippen LogP contribution in [0.5, 0.6) is 0 Å². The number of benzene rings is 2. The highest BCUT2D eigenvalue weighted by atomic mass is 16.5. The summed E-state index contributed by atoms with van der Waals surface area (Å²) < 4.78 is 5.50. The average Bonchev–Trinajstić information content (AvgIpc) is 3.23. The number of fused-ring (bicyclic) bond motifs is 1. The highest BCUT2D eigenvalue weighted by molar-refractivity contribution is 6.03. The highest BCUT2D eigenvalue weighted by Gasteiger charge is 2.40. The van der Waals surface area contributed by atoms with Gasteiger partial charge in [-0.2, -0.15) is 5.26 Å². The van der Waals surface area contributed by atoms with Crippen LogP contribution in [0.25, 0.3) is 10.8 Å². The van der Waals surface area contributed by atoms with E-state index in [4.69, 9.17) is 4.74 Å². The molecule has 1 aliphatic heterocycles. The summed E-state index contributed by atoms with van der Waals surface area (Å²) in [4.78, 5) is 15.2. The lowest BCUT2D eigenvalue weighted by atomic mass is 9.94. The van der Waals surface area contributed by atoms with Gasteiger partial charge in [-0.05, 0) is 25.0 Å². The molecule has 1 saturated heterocycles. The van der Waals surface area contributed by atoms with Crippen LogP contribution in [-0.4, -0.2) is 49.3 Å². The van der Waals surface area contributed by atoms with E-state index in [-0.39, 0.29) is 11.6 Å². The molecule has 4 rings (SSSR count). The van der Waals surface area contributed by atoms with Crippen LogP contribution in [-0.2, 0) is 4.74 Å². The minimum atomic E-state index is -0.200. The first kappa shape index (κ1) is 18.7. The number of rotatable bonds is 4.